The minimum absolute atomic E-state index is 0.0196. The third-order valence-electron chi connectivity index (χ3n) is 6.43. The fourth-order valence-electron chi connectivity index (χ4n) is 4.35. The fraction of sp³-hybridized carbons (Fsp3) is 0.500. The lowest BCUT2D eigenvalue weighted by Gasteiger charge is -2.32. The van der Waals surface area contributed by atoms with Crippen molar-refractivity contribution in [3.05, 3.63) is 59.7 Å². The van der Waals surface area contributed by atoms with Gasteiger partial charge in [-0.1, -0.05) is 30.3 Å². The van der Waals surface area contributed by atoms with E-state index < -0.39 is 0 Å². The van der Waals surface area contributed by atoms with Gasteiger partial charge in [-0.05, 0) is 37.6 Å². The zero-order valence-electron chi connectivity index (χ0n) is 22.3. The molecule has 2 aromatic carbocycles. The number of rotatable bonds is 13. The molecule has 2 unspecified atom stereocenters. The Bertz CT molecular complexity index is 1000. The highest BCUT2D eigenvalue weighted by molar-refractivity contribution is 5.95. The maximum atomic E-state index is 13.6. The van der Waals surface area contributed by atoms with Crippen LogP contribution in [0.3, 0.4) is 0 Å². The Labute approximate surface area is 219 Å². The number of nitrogens with zero attached hydrogens (tertiary/aromatic N) is 1. The van der Waals surface area contributed by atoms with Gasteiger partial charge in [0.2, 0.25) is 0 Å². The van der Waals surface area contributed by atoms with Gasteiger partial charge >= 0.3 is 6.03 Å². The lowest BCUT2D eigenvalue weighted by Crippen LogP contribution is -2.49. The van der Waals surface area contributed by atoms with Crippen LogP contribution < -0.4 is 25.4 Å². The van der Waals surface area contributed by atoms with Gasteiger partial charge in [0.25, 0.3) is 5.91 Å². The number of amides is 3. The lowest BCUT2D eigenvalue weighted by atomic mass is 10.0. The van der Waals surface area contributed by atoms with Crippen LogP contribution in [0.4, 0.5) is 4.79 Å². The first-order chi connectivity index (χ1) is 17.9. The van der Waals surface area contributed by atoms with E-state index in [1.54, 1.807) is 32.4 Å². The van der Waals surface area contributed by atoms with Crippen LogP contribution in [-0.4, -0.2) is 76.0 Å². The Hall–Kier alpha value is -3.30. The van der Waals surface area contributed by atoms with E-state index in [4.69, 9.17) is 14.2 Å². The van der Waals surface area contributed by atoms with Crippen LogP contribution in [0.25, 0.3) is 0 Å². The molecule has 9 heteroatoms. The molecule has 0 saturated carbocycles. The number of nitrogens with one attached hydrogen (secondary N) is 3. The summed E-state index contributed by atoms with van der Waals surface area (Å²) in [5.41, 5.74) is 1.57. The lowest BCUT2D eigenvalue weighted by molar-refractivity contribution is 0.0669. The van der Waals surface area contributed by atoms with E-state index in [2.05, 4.69) is 16.0 Å². The number of hydrogen-bond acceptors (Lipinski definition) is 6. The average Bonchev–Trinajstić information content (AvgIpc) is 3.34. The standard InChI is InChI=1S/C28H40N4O5/c1-20(2)32(27(33)22-11-12-25(36-4)26(15-22)37-14-8-13-35-3)19-23-17-29-18-24(23)31-28(34)30-16-21-9-6-5-7-10-21/h5-7,9-12,15,20,23-24,29H,8,13-14,16-19H2,1-4H3,(H2,30,31,34). The zero-order valence-corrected chi connectivity index (χ0v) is 22.3. The summed E-state index contributed by atoms with van der Waals surface area (Å²) in [6.07, 6.45) is 0.734. The molecule has 9 nitrogen and oxygen atoms in total. The summed E-state index contributed by atoms with van der Waals surface area (Å²) in [5, 5.41) is 9.36. The van der Waals surface area contributed by atoms with Crippen molar-refractivity contribution in [2.75, 3.05) is 47.1 Å². The second-order valence-electron chi connectivity index (χ2n) is 9.45. The van der Waals surface area contributed by atoms with Crippen molar-refractivity contribution in [3.63, 3.8) is 0 Å². The van der Waals surface area contributed by atoms with Crippen molar-refractivity contribution in [3.8, 4) is 11.5 Å². The number of hydrogen-bond donors (Lipinski definition) is 3. The van der Waals surface area contributed by atoms with Gasteiger partial charge in [0.05, 0.1) is 13.7 Å². The van der Waals surface area contributed by atoms with Crippen molar-refractivity contribution >= 4 is 11.9 Å². The number of ether oxygens (including phenoxy) is 3. The normalized spacial score (nSPS) is 16.9. The highest BCUT2D eigenvalue weighted by Crippen LogP contribution is 2.29. The maximum absolute atomic E-state index is 13.6. The molecule has 1 aliphatic rings. The summed E-state index contributed by atoms with van der Waals surface area (Å²) in [6.45, 7) is 7.41. The molecule has 0 radical (unpaired) electrons. The number of benzene rings is 2. The molecular formula is C28H40N4O5. The first-order valence-electron chi connectivity index (χ1n) is 12.8. The zero-order chi connectivity index (χ0) is 26.6. The summed E-state index contributed by atoms with van der Waals surface area (Å²) in [6, 6.07) is 14.7. The van der Waals surface area contributed by atoms with Gasteiger partial charge in [-0.2, -0.15) is 0 Å². The predicted octanol–water partition coefficient (Wildman–Crippen LogP) is 3.05. The van der Waals surface area contributed by atoms with Crippen LogP contribution in [0, 0.1) is 5.92 Å². The minimum Gasteiger partial charge on any atom is -0.493 e. The summed E-state index contributed by atoms with van der Waals surface area (Å²) in [7, 11) is 3.23. The Morgan fingerprint density at radius 3 is 2.54 bits per heavy atom. The van der Waals surface area contributed by atoms with E-state index in [0.717, 1.165) is 18.5 Å². The van der Waals surface area contributed by atoms with E-state index >= 15 is 0 Å². The Kier molecular flexibility index (Phi) is 11.0. The van der Waals surface area contributed by atoms with E-state index in [1.165, 1.54) is 0 Å². The molecule has 202 valence electrons. The summed E-state index contributed by atoms with van der Waals surface area (Å²) < 4.78 is 16.4. The van der Waals surface area contributed by atoms with Gasteiger partial charge in [-0.25, -0.2) is 4.79 Å². The topological polar surface area (TPSA) is 101 Å². The fourth-order valence-corrected chi connectivity index (χ4v) is 4.35. The second kappa shape index (κ2) is 14.4. The molecule has 1 aliphatic heterocycles. The van der Waals surface area contributed by atoms with Gasteiger partial charge < -0.3 is 35.1 Å². The van der Waals surface area contributed by atoms with Crippen molar-refractivity contribution in [2.45, 2.75) is 38.9 Å². The molecule has 1 heterocycles. The van der Waals surface area contributed by atoms with Crippen LogP contribution in [0.1, 0.15) is 36.2 Å². The van der Waals surface area contributed by atoms with Gasteiger partial charge in [-0.15, -0.1) is 0 Å². The Balaban J connectivity index is 1.63. The molecule has 0 aliphatic carbocycles. The maximum Gasteiger partial charge on any atom is 0.315 e. The quantitative estimate of drug-likeness (QED) is 0.357. The highest BCUT2D eigenvalue weighted by atomic mass is 16.5. The van der Waals surface area contributed by atoms with Crippen LogP contribution in [-0.2, 0) is 11.3 Å². The molecule has 37 heavy (non-hydrogen) atoms. The number of carbonyl (C=O) groups is 2. The number of carbonyl (C=O) groups excluding carboxylic acids is 2. The van der Waals surface area contributed by atoms with Gasteiger partial charge in [0.1, 0.15) is 0 Å². The summed E-state index contributed by atoms with van der Waals surface area (Å²) in [4.78, 5) is 28.0. The van der Waals surface area contributed by atoms with Crippen molar-refractivity contribution in [2.24, 2.45) is 5.92 Å². The second-order valence-corrected chi connectivity index (χ2v) is 9.45. The van der Waals surface area contributed by atoms with Crippen LogP contribution in [0.2, 0.25) is 0 Å². The molecular weight excluding hydrogens is 472 g/mol. The third-order valence-corrected chi connectivity index (χ3v) is 6.43. The monoisotopic (exact) mass is 512 g/mol. The van der Waals surface area contributed by atoms with Crippen molar-refractivity contribution in [1.29, 1.82) is 0 Å². The molecule has 0 bridgehead atoms. The first kappa shape index (κ1) is 28.3. The molecule has 3 rings (SSSR count). The minimum atomic E-state index is -0.213. The summed E-state index contributed by atoms with van der Waals surface area (Å²) in [5.74, 6) is 1.11. The van der Waals surface area contributed by atoms with E-state index in [0.29, 0.717) is 49.9 Å². The smallest absolute Gasteiger partial charge is 0.315 e. The van der Waals surface area contributed by atoms with Crippen LogP contribution in [0.5, 0.6) is 11.5 Å². The largest absolute Gasteiger partial charge is 0.493 e. The molecule has 2 aromatic rings. The Morgan fingerprint density at radius 2 is 1.84 bits per heavy atom. The first-order valence-corrected chi connectivity index (χ1v) is 12.8. The van der Waals surface area contributed by atoms with Crippen LogP contribution in [0.15, 0.2) is 48.5 Å². The molecule has 3 N–H and O–H groups in total. The van der Waals surface area contributed by atoms with Gasteiger partial charge in [-0.3, -0.25) is 4.79 Å². The molecule has 3 amide bonds. The Morgan fingerprint density at radius 1 is 1.05 bits per heavy atom. The third kappa shape index (κ3) is 8.36. The van der Waals surface area contributed by atoms with Crippen molar-refractivity contribution in [1.82, 2.24) is 20.9 Å². The molecule has 2 atom stereocenters. The number of urea groups is 1. The highest BCUT2D eigenvalue weighted by Gasteiger charge is 2.32. The average molecular weight is 513 g/mol. The predicted molar refractivity (Wildman–Crippen MR) is 143 cm³/mol. The van der Waals surface area contributed by atoms with Gasteiger partial charge in [0, 0.05) is 69.9 Å². The van der Waals surface area contributed by atoms with Crippen molar-refractivity contribution < 1.29 is 23.8 Å². The van der Waals surface area contributed by atoms with E-state index in [9.17, 15) is 9.59 Å². The van der Waals surface area contributed by atoms with Crippen LogP contribution >= 0.6 is 0 Å². The summed E-state index contributed by atoms with van der Waals surface area (Å²) >= 11 is 0. The van der Waals surface area contributed by atoms with E-state index in [-0.39, 0.29) is 29.9 Å². The molecule has 0 spiro atoms. The molecule has 1 saturated heterocycles. The van der Waals surface area contributed by atoms with Gasteiger partial charge in [0.15, 0.2) is 11.5 Å². The SMILES string of the molecule is COCCCOc1cc(C(=O)N(CC2CNCC2NC(=O)NCc2ccccc2)C(C)C)ccc1OC. The molecule has 1 fully saturated rings. The van der Waals surface area contributed by atoms with E-state index in [1.807, 2.05) is 49.1 Å². The molecule has 0 aromatic heterocycles. The number of methoxy groups -OCH3 is 2.